The van der Waals surface area contributed by atoms with Gasteiger partial charge in [-0.15, -0.1) is 0 Å². The lowest BCUT2D eigenvalue weighted by Gasteiger charge is -2.08. The Morgan fingerprint density at radius 2 is 1.80 bits per heavy atom. The van der Waals surface area contributed by atoms with Crippen molar-refractivity contribution in [2.75, 3.05) is 13.2 Å². The molecule has 0 amide bonds. The van der Waals surface area contributed by atoms with Crippen molar-refractivity contribution in [2.45, 2.75) is 13.2 Å². The van der Waals surface area contributed by atoms with Crippen LogP contribution in [0.15, 0.2) is 48.5 Å². The summed E-state index contributed by atoms with van der Waals surface area (Å²) in [6.45, 7) is 1.57. The zero-order valence-electron chi connectivity index (χ0n) is 11.2. The Hall–Kier alpha value is -1.91. The molecule has 0 saturated heterocycles. The predicted molar refractivity (Wildman–Crippen MR) is 75.9 cm³/mol. The summed E-state index contributed by atoms with van der Waals surface area (Å²) < 4.78 is 24.3. The van der Waals surface area contributed by atoms with Gasteiger partial charge in [0.05, 0.1) is 13.2 Å². The minimum atomic E-state index is -0.274. The highest BCUT2D eigenvalue weighted by Crippen LogP contribution is 2.11. The van der Waals surface area contributed by atoms with Crippen LogP contribution in [0.1, 0.15) is 11.1 Å². The normalized spacial score (nSPS) is 10.5. The quantitative estimate of drug-likeness (QED) is 0.790. The molecule has 0 fully saturated rings. The molecule has 20 heavy (non-hydrogen) atoms. The SMILES string of the molecule is NCc1cc(COCCOc2ccccc2)ccc1F. The lowest BCUT2D eigenvalue weighted by molar-refractivity contribution is 0.0888. The highest BCUT2D eigenvalue weighted by Gasteiger charge is 2.02. The van der Waals surface area contributed by atoms with Crippen LogP contribution in [0, 0.1) is 5.82 Å². The fourth-order valence-corrected chi connectivity index (χ4v) is 1.80. The van der Waals surface area contributed by atoms with Crippen LogP contribution in [0.25, 0.3) is 0 Å². The van der Waals surface area contributed by atoms with Crippen LogP contribution in [0.2, 0.25) is 0 Å². The maximum atomic E-state index is 13.3. The van der Waals surface area contributed by atoms with E-state index in [1.54, 1.807) is 12.1 Å². The highest BCUT2D eigenvalue weighted by atomic mass is 19.1. The molecule has 2 aromatic carbocycles. The Kier molecular flexibility index (Phi) is 5.53. The Morgan fingerprint density at radius 1 is 1.00 bits per heavy atom. The third-order valence-corrected chi connectivity index (χ3v) is 2.84. The molecule has 106 valence electrons. The standard InChI is InChI=1S/C16H18FNO2/c17-16-7-6-13(10-14(16)11-18)12-19-8-9-20-15-4-2-1-3-5-15/h1-7,10H,8-9,11-12,18H2. The van der Waals surface area contributed by atoms with E-state index in [4.69, 9.17) is 15.2 Å². The van der Waals surface area contributed by atoms with Gasteiger partial charge in [0.1, 0.15) is 18.2 Å². The Morgan fingerprint density at radius 3 is 2.55 bits per heavy atom. The van der Waals surface area contributed by atoms with Crippen molar-refractivity contribution in [3.8, 4) is 5.75 Å². The van der Waals surface area contributed by atoms with Gasteiger partial charge in [-0.05, 0) is 29.8 Å². The number of nitrogens with two attached hydrogens (primary N) is 1. The number of hydrogen-bond acceptors (Lipinski definition) is 3. The van der Waals surface area contributed by atoms with Gasteiger partial charge in [-0.1, -0.05) is 24.3 Å². The van der Waals surface area contributed by atoms with Crippen molar-refractivity contribution in [1.82, 2.24) is 0 Å². The van der Waals surface area contributed by atoms with Gasteiger partial charge in [-0.2, -0.15) is 0 Å². The molecular formula is C16H18FNO2. The molecule has 0 aliphatic heterocycles. The van der Waals surface area contributed by atoms with Gasteiger partial charge in [-0.3, -0.25) is 0 Å². The van der Waals surface area contributed by atoms with Crippen LogP contribution in [-0.4, -0.2) is 13.2 Å². The highest BCUT2D eigenvalue weighted by molar-refractivity contribution is 5.24. The predicted octanol–water partition coefficient (Wildman–Crippen LogP) is 2.88. The molecule has 0 saturated carbocycles. The molecule has 2 rings (SSSR count). The summed E-state index contributed by atoms with van der Waals surface area (Å²) in [4.78, 5) is 0. The average Bonchev–Trinajstić information content (AvgIpc) is 2.49. The monoisotopic (exact) mass is 275 g/mol. The van der Waals surface area contributed by atoms with E-state index in [-0.39, 0.29) is 12.4 Å². The molecular weight excluding hydrogens is 257 g/mol. The van der Waals surface area contributed by atoms with Gasteiger partial charge in [0.2, 0.25) is 0 Å². The fourth-order valence-electron chi connectivity index (χ4n) is 1.80. The molecule has 0 spiro atoms. The first-order chi connectivity index (χ1) is 9.79. The van der Waals surface area contributed by atoms with Crippen molar-refractivity contribution >= 4 is 0 Å². The Bertz CT molecular complexity index is 531. The van der Waals surface area contributed by atoms with Crippen LogP contribution in [0.3, 0.4) is 0 Å². The molecule has 0 heterocycles. The molecule has 0 unspecified atom stereocenters. The van der Waals surface area contributed by atoms with E-state index in [0.717, 1.165) is 11.3 Å². The molecule has 0 aliphatic rings. The molecule has 3 nitrogen and oxygen atoms in total. The zero-order valence-corrected chi connectivity index (χ0v) is 11.2. The van der Waals surface area contributed by atoms with Crippen LogP contribution in [0.5, 0.6) is 5.75 Å². The largest absolute Gasteiger partial charge is 0.491 e. The van der Waals surface area contributed by atoms with Crippen molar-refractivity contribution in [3.63, 3.8) is 0 Å². The lowest BCUT2D eigenvalue weighted by Crippen LogP contribution is -2.07. The molecule has 0 atom stereocenters. The van der Waals surface area contributed by atoms with Crippen LogP contribution in [-0.2, 0) is 17.9 Å². The van der Waals surface area contributed by atoms with Gasteiger partial charge in [-0.25, -0.2) is 4.39 Å². The third-order valence-electron chi connectivity index (χ3n) is 2.84. The minimum Gasteiger partial charge on any atom is -0.491 e. The number of ether oxygens (including phenoxy) is 2. The summed E-state index contributed by atoms with van der Waals surface area (Å²) >= 11 is 0. The molecule has 0 aromatic heterocycles. The van der Waals surface area contributed by atoms with Crippen LogP contribution < -0.4 is 10.5 Å². The Labute approximate surface area is 118 Å². The summed E-state index contributed by atoms with van der Waals surface area (Å²) in [6.07, 6.45) is 0. The number of hydrogen-bond donors (Lipinski definition) is 1. The van der Waals surface area contributed by atoms with Gasteiger partial charge in [0, 0.05) is 12.1 Å². The first kappa shape index (κ1) is 14.5. The second-order valence-corrected chi connectivity index (χ2v) is 4.34. The van der Waals surface area contributed by atoms with Gasteiger partial charge in [0.15, 0.2) is 0 Å². The second kappa shape index (κ2) is 7.62. The number of para-hydroxylation sites is 1. The molecule has 2 aromatic rings. The van der Waals surface area contributed by atoms with E-state index in [1.807, 2.05) is 30.3 Å². The van der Waals surface area contributed by atoms with Gasteiger partial charge < -0.3 is 15.2 Å². The summed E-state index contributed by atoms with van der Waals surface area (Å²) in [6, 6.07) is 14.4. The van der Waals surface area contributed by atoms with Crippen molar-refractivity contribution in [1.29, 1.82) is 0 Å². The van der Waals surface area contributed by atoms with E-state index >= 15 is 0 Å². The summed E-state index contributed by atoms with van der Waals surface area (Å²) in [5.41, 5.74) is 6.87. The summed E-state index contributed by atoms with van der Waals surface area (Å²) in [7, 11) is 0. The fraction of sp³-hybridized carbons (Fsp3) is 0.250. The van der Waals surface area contributed by atoms with Gasteiger partial charge in [0.25, 0.3) is 0 Å². The summed E-state index contributed by atoms with van der Waals surface area (Å²) in [5, 5.41) is 0. The summed E-state index contributed by atoms with van der Waals surface area (Å²) in [5.74, 6) is 0.548. The molecule has 4 heteroatoms. The van der Waals surface area contributed by atoms with Crippen molar-refractivity contribution in [2.24, 2.45) is 5.73 Å². The number of halogens is 1. The lowest BCUT2D eigenvalue weighted by atomic mass is 10.1. The van der Waals surface area contributed by atoms with E-state index < -0.39 is 0 Å². The minimum absolute atomic E-state index is 0.191. The van der Waals surface area contributed by atoms with E-state index in [1.165, 1.54) is 6.07 Å². The average molecular weight is 275 g/mol. The molecule has 0 bridgehead atoms. The number of benzene rings is 2. The molecule has 0 aliphatic carbocycles. The zero-order chi connectivity index (χ0) is 14.2. The first-order valence-electron chi connectivity index (χ1n) is 6.52. The van der Waals surface area contributed by atoms with Crippen molar-refractivity contribution < 1.29 is 13.9 Å². The molecule has 2 N–H and O–H groups in total. The second-order valence-electron chi connectivity index (χ2n) is 4.34. The van der Waals surface area contributed by atoms with Crippen molar-refractivity contribution in [3.05, 3.63) is 65.5 Å². The number of rotatable bonds is 7. The van der Waals surface area contributed by atoms with Crippen LogP contribution >= 0.6 is 0 Å². The third kappa shape index (κ3) is 4.33. The van der Waals surface area contributed by atoms with E-state index in [0.29, 0.717) is 25.4 Å². The van der Waals surface area contributed by atoms with E-state index in [2.05, 4.69) is 0 Å². The Balaban J connectivity index is 1.71. The maximum absolute atomic E-state index is 13.3. The first-order valence-corrected chi connectivity index (χ1v) is 6.52. The maximum Gasteiger partial charge on any atom is 0.127 e. The topological polar surface area (TPSA) is 44.5 Å². The van der Waals surface area contributed by atoms with E-state index in [9.17, 15) is 4.39 Å². The van der Waals surface area contributed by atoms with Crippen LogP contribution in [0.4, 0.5) is 4.39 Å². The van der Waals surface area contributed by atoms with Gasteiger partial charge >= 0.3 is 0 Å². The smallest absolute Gasteiger partial charge is 0.127 e. The molecule has 0 radical (unpaired) electrons.